The van der Waals surface area contributed by atoms with Crippen LogP contribution in [-0.2, 0) is 20.9 Å². The molecule has 7 heteroatoms. The second-order valence-electron chi connectivity index (χ2n) is 6.91. The molecule has 31 heavy (non-hydrogen) atoms. The Bertz CT molecular complexity index is 1080. The molecule has 3 rings (SSSR count). The van der Waals surface area contributed by atoms with Crippen molar-refractivity contribution < 1.29 is 23.5 Å². The Labute approximate surface area is 179 Å². The fourth-order valence-corrected chi connectivity index (χ4v) is 3.09. The first-order valence-electron chi connectivity index (χ1n) is 9.60. The van der Waals surface area contributed by atoms with Gasteiger partial charge in [-0.05, 0) is 54.0 Å². The zero-order chi connectivity index (χ0) is 22.4. The van der Waals surface area contributed by atoms with E-state index in [9.17, 15) is 19.2 Å². The van der Waals surface area contributed by atoms with E-state index in [1.807, 2.05) is 6.07 Å². The fourth-order valence-electron chi connectivity index (χ4n) is 3.09. The predicted octanol–water partition coefficient (Wildman–Crippen LogP) is 3.64. The monoisotopic (exact) mass is 420 g/mol. The van der Waals surface area contributed by atoms with E-state index in [4.69, 9.17) is 9.47 Å². The number of nitrogens with zero attached hydrogens (tertiary/aromatic N) is 2. The van der Waals surface area contributed by atoms with Gasteiger partial charge in [-0.2, -0.15) is 5.26 Å². The number of hydrogen-bond acceptors (Lipinski definition) is 5. The highest BCUT2D eigenvalue weighted by atomic mass is 19.1. The first-order chi connectivity index (χ1) is 14.9. The van der Waals surface area contributed by atoms with E-state index in [0.717, 1.165) is 16.0 Å². The summed E-state index contributed by atoms with van der Waals surface area (Å²) in [5.74, 6) is -0.757. The summed E-state index contributed by atoms with van der Waals surface area (Å²) >= 11 is 0. The molecule has 0 N–H and O–H groups in total. The van der Waals surface area contributed by atoms with Crippen LogP contribution < -0.4 is 4.74 Å². The Kier molecular flexibility index (Phi) is 6.96. The molecule has 2 aromatic rings. The largest absolute Gasteiger partial charge is 0.489 e. The molecule has 1 aliphatic heterocycles. The molecule has 1 aliphatic rings. The number of benzene rings is 2. The minimum absolute atomic E-state index is 0.0544. The summed E-state index contributed by atoms with van der Waals surface area (Å²) in [7, 11) is 1.47. The molecule has 0 saturated heterocycles. The van der Waals surface area contributed by atoms with Crippen molar-refractivity contribution in [2.75, 3.05) is 20.3 Å². The number of imide groups is 1. The van der Waals surface area contributed by atoms with Crippen LogP contribution in [0.25, 0.3) is 6.08 Å². The van der Waals surface area contributed by atoms with Crippen molar-refractivity contribution in [3.05, 3.63) is 82.2 Å². The number of amides is 2. The first-order valence-corrected chi connectivity index (χ1v) is 9.60. The molecular weight excluding hydrogens is 399 g/mol. The molecule has 2 aromatic carbocycles. The molecule has 0 atom stereocenters. The van der Waals surface area contributed by atoms with Gasteiger partial charge in [0.15, 0.2) is 0 Å². The molecule has 0 saturated carbocycles. The number of carbonyl (C=O) groups is 2. The van der Waals surface area contributed by atoms with Gasteiger partial charge in [0.25, 0.3) is 11.8 Å². The number of halogens is 1. The van der Waals surface area contributed by atoms with Crippen molar-refractivity contribution in [1.82, 2.24) is 4.90 Å². The van der Waals surface area contributed by atoms with Gasteiger partial charge < -0.3 is 9.47 Å². The van der Waals surface area contributed by atoms with Gasteiger partial charge in [0.2, 0.25) is 0 Å². The van der Waals surface area contributed by atoms with E-state index in [2.05, 4.69) is 0 Å². The van der Waals surface area contributed by atoms with E-state index >= 15 is 0 Å². The number of methoxy groups -OCH3 is 1. The molecule has 0 unspecified atom stereocenters. The molecule has 0 spiro atoms. The molecule has 158 valence electrons. The Morgan fingerprint density at radius 3 is 2.35 bits per heavy atom. The van der Waals surface area contributed by atoms with Gasteiger partial charge in [0, 0.05) is 12.7 Å². The lowest BCUT2D eigenvalue weighted by molar-refractivity contribution is -0.141. The zero-order valence-corrected chi connectivity index (χ0v) is 17.2. The third kappa shape index (κ3) is 5.05. The molecule has 1 heterocycles. The quantitative estimate of drug-likeness (QED) is 0.505. The highest BCUT2D eigenvalue weighted by molar-refractivity contribution is 6.19. The van der Waals surface area contributed by atoms with Gasteiger partial charge >= 0.3 is 0 Å². The van der Waals surface area contributed by atoms with Crippen molar-refractivity contribution >= 4 is 17.9 Å². The van der Waals surface area contributed by atoms with E-state index < -0.39 is 11.8 Å². The Morgan fingerprint density at radius 2 is 1.74 bits per heavy atom. The van der Waals surface area contributed by atoms with Gasteiger partial charge in [-0.15, -0.1) is 0 Å². The van der Waals surface area contributed by atoms with Crippen LogP contribution in [0.15, 0.2) is 65.3 Å². The second kappa shape index (κ2) is 9.83. The van der Waals surface area contributed by atoms with E-state index in [-0.39, 0.29) is 30.1 Å². The minimum Gasteiger partial charge on any atom is -0.489 e. The average molecular weight is 420 g/mol. The van der Waals surface area contributed by atoms with E-state index in [1.54, 1.807) is 49.4 Å². The van der Waals surface area contributed by atoms with Crippen LogP contribution in [0.4, 0.5) is 4.39 Å². The maximum atomic E-state index is 13.0. The SMILES string of the molecule is COCCN1C(=O)C(C#N)=C(C)/C(=C\c2ccc(OCc3ccc(F)cc3)cc2)C1=O. The number of carbonyl (C=O) groups excluding carboxylic acids is 2. The van der Waals surface area contributed by atoms with Crippen LogP contribution in [-0.4, -0.2) is 37.0 Å². The second-order valence-corrected chi connectivity index (χ2v) is 6.91. The van der Waals surface area contributed by atoms with Crippen LogP contribution in [0, 0.1) is 17.1 Å². The Balaban J connectivity index is 1.79. The van der Waals surface area contributed by atoms with Crippen LogP contribution in [0.5, 0.6) is 5.75 Å². The van der Waals surface area contributed by atoms with Gasteiger partial charge in [-0.25, -0.2) is 4.39 Å². The standard InChI is InChI=1S/C24H21FN2O4/c1-16-21(23(28)27(11-12-30-2)24(29)22(16)14-26)13-17-5-9-20(10-6-17)31-15-18-3-7-19(25)8-4-18/h3-10,13H,11-12,15H2,1-2H3/b21-13+. The van der Waals surface area contributed by atoms with Crippen molar-refractivity contribution in [2.45, 2.75) is 13.5 Å². The number of hydrogen-bond donors (Lipinski definition) is 0. The summed E-state index contributed by atoms with van der Waals surface area (Å²) < 4.78 is 23.6. The molecule has 0 radical (unpaired) electrons. The zero-order valence-electron chi connectivity index (χ0n) is 17.2. The highest BCUT2D eigenvalue weighted by Gasteiger charge is 2.35. The van der Waals surface area contributed by atoms with Crippen molar-refractivity contribution in [3.63, 3.8) is 0 Å². The lowest BCUT2D eigenvalue weighted by atomic mass is 9.93. The molecule has 0 aliphatic carbocycles. The molecule has 0 bridgehead atoms. The fraction of sp³-hybridized carbons (Fsp3) is 0.208. The predicted molar refractivity (Wildman–Crippen MR) is 112 cm³/mol. The average Bonchev–Trinajstić information content (AvgIpc) is 2.77. The van der Waals surface area contributed by atoms with Crippen LogP contribution in [0.2, 0.25) is 0 Å². The van der Waals surface area contributed by atoms with Gasteiger partial charge in [0.1, 0.15) is 29.8 Å². The highest BCUT2D eigenvalue weighted by Crippen LogP contribution is 2.27. The van der Waals surface area contributed by atoms with Crippen LogP contribution in [0.1, 0.15) is 18.1 Å². The summed E-state index contributed by atoms with van der Waals surface area (Å²) in [6, 6.07) is 15.0. The maximum Gasteiger partial charge on any atom is 0.271 e. The molecule has 6 nitrogen and oxygen atoms in total. The molecule has 0 fully saturated rings. The Hall–Kier alpha value is -3.76. The lowest BCUT2D eigenvalue weighted by Crippen LogP contribution is -2.44. The smallest absolute Gasteiger partial charge is 0.271 e. The van der Waals surface area contributed by atoms with E-state index in [1.165, 1.54) is 19.2 Å². The number of ether oxygens (including phenoxy) is 2. The molecular formula is C24H21FN2O4. The number of rotatable bonds is 7. The summed E-state index contributed by atoms with van der Waals surface area (Å²) in [6.07, 6.45) is 1.64. The lowest BCUT2D eigenvalue weighted by Gasteiger charge is -2.27. The normalized spacial score (nSPS) is 15.4. The first kappa shape index (κ1) is 21.9. The van der Waals surface area contributed by atoms with Crippen molar-refractivity contribution in [3.8, 4) is 11.8 Å². The topological polar surface area (TPSA) is 79.6 Å². The van der Waals surface area contributed by atoms with Crippen LogP contribution >= 0.6 is 0 Å². The molecule has 2 amide bonds. The summed E-state index contributed by atoms with van der Waals surface area (Å²) in [6.45, 7) is 2.14. The maximum absolute atomic E-state index is 13.0. The summed E-state index contributed by atoms with van der Waals surface area (Å²) in [5.41, 5.74) is 2.14. The van der Waals surface area contributed by atoms with Crippen molar-refractivity contribution in [1.29, 1.82) is 5.26 Å². The van der Waals surface area contributed by atoms with Gasteiger partial charge in [-0.3, -0.25) is 14.5 Å². The van der Waals surface area contributed by atoms with Gasteiger partial charge in [0.05, 0.1) is 13.2 Å². The van der Waals surface area contributed by atoms with Gasteiger partial charge in [-0.1, -0.05) is 24.3 Å². The number of nitriles is 1. The van der Waals surface area contributed by atoms with Crippen LogP contribution in [0.3, 0.4) is 0 Å². The minimum atomic E-state index is -0.608. The Morgan fingerprint density at radius 1 is 1.06 bits per heavy atom. The van der Waals surface area contributed by atoms with E-state index in [0.29, 0.717) is 17.9 Å². The third-order valence-corrected chi connectivity index (χ3v) is 4.85. The van der Waals surface area contributed by atoms with Crippen molar-refractivity contribution in [2.24, 2.45) is 0 Å². The molecule has 0 aromatic heterocycles. The third-order valence-electron chi connectivity index (χ3n) is 4.85. The summed E-state index contributed by atoms with van der Waals surface area (Å²) in [5, 5.41) is 9.39. The summed E-state index contributed by atoms with van der Waals surface area (Å²) in [4.78, 5) is 26.3.